The topological polar surface area (TPSA) is 74.8 Å². The van der Waals surface area contributed by atoms with Gasteiger partial charge in [-0.2, -0.15) is 0 Å². The van der Waals surface area contributed by atoms with Crippen LogP contribution in [0.4, 0.5) is 5.82 Å². The number of carbonyl (C=O) groups excluding carboxylic acids is 1. The number of H-pyrrole nitrogens is 1. The molecular weight excluding hydrogens is 326 g/mol. The van der Waals surface area contributed by atoms with Crippen LogP contribution in [0, 0.1) is 0 Å². The Morgan fingerprint density at radius 2 is 1.88 bits per heavy atom. The molecule has 0 saturated heterocycles. The molecule has 0 atom stereocenters. The molecule has 5 nitrogen and oxygen atoms in total. The average molecular weight is 343 g/mol. The standard InChI is InChI=1S/C21H17N3O2/c1-13(25)22-21-19(11-14-5-3-2-4-6-14)23-20-17-9-8-16(26)12-15(17)7-10-18(20)24-21/h2-10,12,23H,11H2,1H3,(H,22,25). The molecule has 0 aliphatic carbocycles. The fourth-order valence-electron chi connectivity index (χ4n) is 3.12. The minimum Gasteiger partial charge on any atom is -0.353 e. The Morgan fingerprint density at radius 3 is 2.65 bits per heavy atom. The van der Waals surface area contributed by atoms with Gasteiger partial charge in [0.1, 0.15) is 0 Å². The van der Waals surface area contributed by atoms with Crippen LogP contribution in [0.25, 0.3) is 21.8 Å². The van der Waals surface area contributed by atoms with Crippen LogP contribution in [-0.2, 0) is 11.2 Å². The summed E-state index contributed by atoms with van der Waals surface area (Å²) in [6.07, 6.45) is 0.607. The van der Waals surface area contributed by atoms with Crippen molar-refractivity contribution in [3.63, 3.8) is 0 Å². The van der Waals surface area contributed by atoms with Crippen molar-refractivity contribution in [2.45, 2.75) is 13.3 Å². The molecular formula is C21H17N3O2. The summed E-state index contributed by atoms with van der Waals surface area (Å²) in [5.41, 5.74) is 3.49. The Hall–Kier alpha value is -3.47. The van der Waals surface area contributed by atoms with Crippen LogP contribution in [0.5, 0.6) is 0 Å². The van der Waals surface area contributed by atoms with E-state index in [4.69, 9.17) is 0 Å². The molecule has 5 heteroatoms. The first-order chi connectivity index (χ1) is 12.6. The fourth-order valence-corrected chi connectivity index (χ4v) is 3.12. The zero-order valence-electron chi connectivity index (χ0n) is 14.2. The lowest BCUT2D eigenvalue weighted by atomic mass is 10.1. The molecule has 0 radical (unpaired) electrons. The lowest BCUT2D eigenvalue weighted by molar-refractivity contribution is -0.114. The summed E-state index contributed by atoms with van der Waals surface area (Å²) in [7, 11) is 0. The van der Waals surface area contributed by atoms with E-state index in [2.05, 4.69) is 15.3 Å². The van der Waals surface area contributed by atoms with Crippen molar-refractivity contribution in [1.82, 2.24) is 9.97 Å². The molecule has 0 spiro atoms. The number of rotatable bonds is 3. The van der Waals surface area contributed by atoms with Crippen LogP contribution < -0.4 is 10.7 Å². The number of aromatic amines is 1. The minimum absolute atomic E-state index is 0.0239. The van der Waals surface area contributed by atoms with Crippen molar-refractivity contribution >= 4 is 33.5 Å². The molecule has 1 aromatic heterocycles. The van der Waals surface area contributed by atoms with Crippen molar-refractivity contribution in [2.75, 3.05) is 5.32 Å². The summed E-state index contributed by atoms with van der Waals surface area (Å²) >= 11 is 0. The lowest BCUT2D eigenvalue weighted by Crippen LogP contribution is -2.12. The van der Waals surface area contributed by atoms with Gasteiger partial charge in [-0.25, -0.2) is 4.98 Å². The molecule has 26 heavy (non-hydrogen) atoms. The molecule has 0 unspecified atom stereocenters. The number of benzene rings is 3. The second-order valence-corrected chi connectivity index (χ2v) is 6.25. The number of nitrogens with zero attached hydrogens (tertiary/aromatic N) is 1. The van der Waals surface area contributed by atoms with E-state index in [1.54, 1.807) is 12.1 Å². The van der Waals surface area contributed by atoms with Crippen molar-refractivity contribution in [3.8, 4) is 0 Å². The first-order valence-corrected chi connectivity index (χ1v) is 8.37. The number of fused-ring (bicyclic) bond motifs is 3. The second kappa shape index (κ2) is 6.44. The number of hydrogen-bond donors (Lipinski definition) is 2. The predicted octanol–water partition coefficient (Wildman–Crippen LogP) is 3.63. The van der Waals surface area contributed by atoms with Crippen LogP contribution in [0.3, 0.4) is 0 Å². The first-order valence-electron chi connectivity index (χ1n) is 8.37. The molecule has 0 aliphatic heterocycles. The van der Waals surface area contributed by atoms with Crippen LogP contribution in [0.2, 0.25) is 0 Å². The van der Waals surface area contributed by atoms with Crippen molar-refractivity contribution < 1.29 is 4.79 Å². The fraction of sp³-hybridized carbons (Fsp3) is 0.0952. The molecule has 2 N–H and O–H groups in total. The highest BCUT2D eigenvalue weighted by molar-refractivity contribution is 6.04. The maximum atomic E-state index is 11.6. The Balaban J connectivity index is 1.94. The van der Waals surface area contributed by atoms with E-state index >= 15 is 0 Å². The highest BCUT2D eigenvalue weighted by Crippen LogP contribution is 2.25. The smallest absolute Gasteiger partial charge is 0.222 e. The van der Waals surface area contributed by atoms with Gasteiger partial charge in [-0.3, -0.25) is 9.59 Å². The number of carbonyl (C=O) groups is 1. The van der Waals surface area contributed by atoms with Gasteiger partial charge in [0.05, 0.1) is 16.7 Å². The third kappa shape index (κ3) is 3.07. The molecule has 0 aliphatic rings. The SMILES string of the molecule is CC(=O)Nc1nc2ccc3cc(=O)ccc3c2[nH]c1Cc1ccccc1. The number of nitrogens with one attached hydrogen (secondary N) is 2. The van der Waals surface area contributed by atoms with Gasteiger partial charge in [0.15, 0.2) is 11.2 Å². The number of anilines is 1. The van der Waals surface area contributed by atoms with Gasteiger partial charge in [-0.05, 0) is 35.2 Å². The van der Waals surface area contributed by atoms with E-state index in [1.165, 1.54) is 6.92 Å². The van der Waals surface area contributed by atoms with Crippen molar-refractivity contribution in [1.29, 1.82) is 0 Å². The van der Waals surface area contributed by atoms with E-state index in [1.807, 2.05) is 48.5 Å². The van der Waals surface area contributed by atoms with Crippen LogP contribution in [0.1, 0.15) is 18.2 Å². The average Bonchev–Trinajstić information content (AvgIpc) is 2.62. The van der Waals surface area contributed by atoms with Crippen LogP contribution >= 0.6 is 0 Å². The third-order valence-electron chi connectivity index (χ3n) is 4.28. The van der Waals surface area contributed by atoms with Gasteiger partial charge in [-0.15, -0.1) is 0 Å². The first kappa shape index (κ1) is 16.0. The van der Waals surface area contributed by atoms with Crippen molar-refractivity contribution in [3.05, 3.63) is 82.1 Å². The number of amides is 1. The summed E-state index contributed by atoms with van der Waals surface area (Å²) in [6, 6.07) is 18.7. The maximum absolute atomic E-state index is 11.6. The number of aromatic nitrogens is 2. The van der Waals surface area contributed by atoms with Crippen LogP contribution in [0.15, 0.2) is 65.5 Å². The molecule has 1 amide bonds. The third-order valence-corrected chi connectivity index (χ3v) is 4.28. The summed E-state index contributed by atoms with van der Waals surface area (Å²) in [5, 5.41) is 4.60. The zero-order valence-corrected chi connectivity index (χ0v) is 14.2. The van der Waals surface area contributed by atoms with Crippen molar-refractivity contribution in [2.24, 2.45) is 0 Å². The maximum Gasteiger partial charge on any atom is 0.222 e. The normalized spacial score (nSPS) is 11.0. The zero-order chi connectivity index (χ0) is 18.1. The van der Waals surface area contributed by atoms with E-state index in [9.17, 15) is 9.59 Å². The van der Waals surface area contributed by atoms with E-state index < -0.39 is 0 Å². The van der Waals surface area contributed by atoms with Gasteiger partial charge in [0.2, 0.25) is 5.91 Å². The highest BCUT2D eigenvalue weighted by atomic mass is 16.1. The predicted molar refractivity (Wildman–Crippen MR) is 103 cm³/mol. The largest absolute Gasteiger partial charge is 0.353 e. The summed E-state index contributed by atoms with van der Waals surface area (Å²) in [4.78, 5) is 31.3. The Labute approximate surface area is 149 Å². The van der Waals surface area contributed by atoms with Crippen LogP contribution in [-0.4, -0.2) is 15.9 Å². The summed E-state index contributed by atoms with van der Waals surface area (Å²) in [5.74, 6) is 0.352. The lowest BCUT2D eigenvalue weighted by Gasteiger charge is -2.13. The van der Waals surface area contributed by atoms with Gasteiger partial charge in [0, 0.05) is 18.7 Å². The Kier molecular flexibility index (Phi) is 3.97. The Bertz CT molecular complexity index is 1180. The molecule has 1 heterocycles. The Morgan fingerprint density at radius 1 is 1.08 bits per heavy atom. The minimum atomic E-state index is -0.170. The molecule has 4 aromatic rings. The summed E-state index contributed by atoms with van der Waals surface area (Å²) in [6.45, 7) is 1.47. The molecule has 4 rings (SSSR count). The monoisotopic (exact) mass is 343 g/mol. The molecule has 0 bridgehead atoms. The van der Waals surface area contributed by atoms with Gasteiger partial charge >= 0.3 is 0 Å². The van der Waals surface area contributed by atoms with E-state index in [0.29, 0.717) is 12.2 Å². The van der Waals surface area contributed by atoms with Gasteiger partial charge < -0.3 is 10.3 Å². The molecule has 0 fully saturated rings. The number of hydrogen-bond acceptors (Lipinski definition) is 3. The summed E-state index contributed by atoms with van der Waals surface area (Å²) < 4.78 is 0. The molecule has 0 saturated carbocycles. The van der Waals surface area contributed by atoms with E-state index in [-0.39, 0.29) is 11.3 Å². The van der Waals surface area contributed by atoms with E-state index in [0.717, 1.165) is 33.1 Å². The highest BCUT2D eigenvalue weighted by Gasteiger charge is 2.12. The molecule has 128 valence electrons. The quantitative estimate of drug-likeness (QED) is 0.558. The van der Waals surface area contributed by atoms with Gasteiger partial charge in [-0.1, -0.05) is 36.4 Å². The van der Waals surface area contributed by atoms with Gasteiger partial charge in [0.25, 0.3) is 0 Å². The second-order valence-electron chi connectivity index (χ2n) is 6.25. The molecule has 3 aromatic carbocycles.